The summed E-state index contributed by atoms with van der Waals surface area (Å²) in [5.74, 6) is 0.652. The van der Waals surface area contributed by atoms with Gasteiger partial charge in [-0.3, -0.25) is 4.79 Å². The molecule has 0 aliphatic heterocycles. The first-order chi connectivity index (χ1) is 6.59. The molecule has 1 aromatic rings. The first-order valence-corrected chi connectivity index (χ1v) is 5.50. The van der Waals surface area contributed by atoms with Crippen LogP contribution < -0.4 is 0 Å². The number of furan rings is 1. The van der Waals surface area contributed by atoms with Gasteiger partial charge < -0.3 is 9.52 Å². The average Bonchev–Trinajstić information content (AvgIpc) is 2.51. The Balaban J connectivity index is 2.25. The molecule has 0 fully saturated rings. The van der Waals surface area contributed by atoms with Gasteiger partial charge >= 0.3 is 5.97 Å². The van der Waals surface area contributed by atoms with Crippen LogP contribution in [-0.2, 0) is 4.79 Å². The van der Waals surface area contributed by atoms with Crippen molar-refractivity contribution in [3.05, 3.63) is 17.9 Å². The molecule has 0 bridgehead atoms. The number of hydrogen-bond acceptors (Lipinski definition) is 3. The van der Waals surface area contributed by atoms with Crippen molar-refractivity contribution in [2.24, 2.45) is 5.92 Å². The molecule has 0 saturated heterocycles. The lowest BCUT2D eigenvalue weighted by Gasteiger charge is -2.03. The Morgan fingerprint density at radius 3 is 2.86 bits per heavy atom. The summed E-state index contributed by atoms with van der Waals surface area (Å²) in [5.41, 5.74) is 0. The maximum atomic E-state index is 10.5. The lowest BCUT2D eigenvalue weighted by molar-refractivity contribution is -0.141. The summed E-state index contributed by atoms with van der Waals surface area (Å²) in [4.78, 5) is 10.5. The standard InChI is InChI=1S/C10H14O3S/c1-7(10(11)12)5-6-14-9-4-3-8(2)13-9/h3-4,7H,5-6H2,1-2H3,(H,11,12). The molecule has 0 aromatic carbocycles. The minimum Gasteiger partial charge on any atom is -0.481 e. The lowest BCUT2D eigenvalue weighted by atomic mass is 10.1. The Morgan fingerprint density at radius 1 is 1.64 bits per heavy atom. The number of thioether (sulfide) groups is 1. The van der Waals surface area contributed by atoms with Crippen LogP contribution in [0.4, 0.5) is 0 Å². The van der Waals surface area contributed by atoms with Gasteiger partial charge in [0.15, 0.2) is 5.09 Å². The fourth-order valence-electron chi connectivity index (χ4n) is 0.949. The second-order valence-electron chi connectivity index (χ2n) is 3.24. The zero-order chi connectivity index (χ0) is 10.6. The second kappa shape index (κ2) is 5.10. The second-order valence-corrected chi connectivity index (χ2v) is 4.34. The molecule has 78 valence electrons. The Labute approximate surface area is 87.5 Å². The molecule has 0 radical (unpaired) electrons. The van der Waals surface area contributed by atoms with E-state index in [1.807, 2.05) is 19.1 Å². The summed E-state index contributed by atoms with van der Waals surface area (Å²) in [6, 6.07) is 3.81. The highest BCUT2D eigenvalue weighted by Gasteiger charge is 2.10. The van der Waals surface area contributed by atoms with Gasteiger partial charge in [-0.2, -0.15) is 0 Å². The highest BCUT2D eigenvalue weighted by atomic mass is 32.2. The van der Waals surface area contributed by atoms with Crippen LogP contribution in [0.15, 0.2) is 21.6 Å². The van der Waals surface area contributed by atoms with E-state index in [1.165, 1.54) is 0 Å². The fourth-order valence-corrected chi connectivity index (χ4v) is 1.98. The molecule has 1 heterocycles. The molecule has 0 aliphatic rings. The number of aliphatic carboxylic acids is 1. The van der Waals surface area contributed by atoms with E-state index in [0.29, 0.717) is 6.42 Å². The van der Waals surface area contributed by atoms with Crippen molar-refractivity contribution in [3.8, 4) is 0 Å². The van der Waals surface area contributed by atoms with E-state index >= 15 is 0 Å². The molecule has 4 heteroatoms. The maximum absolute atomic E-state index is 10.5. The van der Waals surface area contributed by atoms with Crippen LogP contribution >= 0.6 is 11.8 Å². The van der Waals surface area contributed by atoms with Crippen LogP contribution in [-0.4, -0.2) is 16.8 Å². The molecule has 3 nitrogen and oxygen atoms in total. The zero-order valence-electron chi connectivity index (χ0n) is 8.32. The minimum absolute atomic E-state index is 0.279. The predicted molar refractivity (Wildman–Crippen MR) is 55.6 cm³/mol. The number of rotatable bonds is 5. The molecular weight excluding hydrogens is 200 g/mol. The summed E-state index contributed by atoms with van der Waals surface area (Å²) in [7, 11) is 0. The van der Waals surface area contributed by atoms with E-state index in [9.17, 15) is 4.79 Å². The molecule has 1 atom stereocenters. The van der Waals surface area contributed by atoms with E-state index < -0.39 is 5.97 Å². The van der Waals surface area contributed by atoms with E-state index in [0.717, 1.165) is 16.6 Å². The molecule has 0 amide bonds. The van der Waals surface area contributed by atoms with Crippen molar-refractivity contribution in [1.82, 2.24) is 0 Å². The molecule has 1 rings (SSSR count). The predicted octanol–water partition coefficient (Wildman–Crippen LogP) is 2.79. The van der Waals surface area contributed by atoms with Crippen LogP contribution in [0.25, 0.3) is 0 Å². The Bertz CT molecular complexity index is 306. The number of hydrogen-bond donors (Lipinski definition) is 1. The SMILES string of the molecule is Cc1ccc(SCCC(C)C(=O)O)o1. The van der Waals surface area contributed by atoms with Crippen molar-refractivity contribution in [3.63, 3.8) is 0 Å². The molecule has 0 aliphatic carbocycles. The minimum atomic E-state index is -0.735. The molecule has 0 spiro atoms. The Kier molecular flexibility index (Phi) is 4.07. The smallest absolute Gasteiger partial charge is 0.306 e. The maximum Gasteiger partial charge on any atom is 0.306 e. The highest BCUT2D eigenvalue weighted by Crippen LogP contribution is 2.22. The Hall–Kier alpha value is -0.900. The topological polar surface area (TPSA) is 50.4 Å². The van der Waals surface area contributed by atoms with Gasteiger partial charge in [0.05, 0.1) is 5.92 Å². The van der Waals surface area contributed by atoms with Gasteiger partial charge in [0.1, 0.15) is 5.76 Å². The first kappa shape index (κ1) is 11.2. The summed E-state index contributed by atoms with van der Waals surface area (Å²) in [6.07, 6.45) is 0.666. The number of aryl methyl sites for hydroxylation is 1. The van der Waals surface area contributed by atoms with Crippen LogP contribution in [0, 0.1) is 12.8 Å². The van der Waals surface area contributed by atoms with Gasteiger partial charge in [-0.15, -0.1) is 0 Å². The van der Waals surface area contributed by atoms with Crippen LogP contribution in [0.2, 0.25) is 0 Å². The highest BCUT2D eigenvalue weighted by molar-refractivity contribution is 7.99. The van der Waals surface area contributed by atoms with Gasteiger partial charge in [-0.1, -0.05) is 18.7 Å². The first-order valence-electron chi connectivity index (χ1n) is 4.51. The summed E-state index contributed by atoms with van der Waals surface area (Å²) in [6.45, 7) is 3.61. The van der Waals surface area contributed by atoms with E-state index in [4.69, 9.17) is 9.52 Å². The van der Waals surface area contributed by atoms with Gasteiger partial charge in [0, 0.05) is 5.75 Å². The summed E-state index contributed by atoms with van der Waals surface area (Å²) >= 11 is 1.56. The van der Waals surface area contributed by atoms with Gasteiger partial charge in [-0.25, -0.2) is 0 Å². The quantitative estimate of drug-likeness (QED) is 0.766. The fraction of sp³-hybridized carbons (Fsp3) is 0.500. The molecular formula is C10H14O3S. The lowest BCUT2D eigenvalue weighted by Crippen LogP contribution is -2.09. The third kappa shape index (κ3) is 3.46. The average molecular weight is 214 g/mol. The largest absolute Gasteiger partial charge is 0.481 e. The van der Waals surface area contributed by atoms with Crippen LogP contribution in [0.1, 0.15) is 19.1 Å². The number of carboxylic acids is 1. The molecule has 1 N–H and O–H groups in total. The Morgan fingerprint density at radius 2 is 2.36 bits per heavy atom. The number of carboxylic acid groups (broad SMARTS) is 1. The monoisotopic (exact) mass is 214 g/mol. The van der Waals surface area contributed by atoms with Crippen molar-refractivity contribution in [1.29, 1.82) is 0 Å². The van der Waals surface area contributed by atoms with Crippen molar-refractivity contribution in [2.45, 2.75) is 25.4 Å². The molecule has 1 unspecified atom stereocenters. The van der Waals surface area contributed by atoms with Gasteiger partial charge in [0.2, 0.25) is 0 Å². The van der Waals surface area contributed by atoms with Crippen LogP contribution in [0.5, 0.6) is 0 Å². The normalized spacial score (nSPS) is 12.7. The zero-order valence-corrected chi connectivity index (χ0v) is 9.13. The van der Waals surface area contributed by atoms with Crippen molar-refractivity contribution < 1.29 is 14.3 Å². The number of carbonyl (C=O) groups is 1. The van der Waals surface area contributed by atoms with Crippen molar-refractivity contribution >= 4 is 17.7 Å². The molecule has 14 heavy (non-hydrogen) atoms. The summed E-state index contributed by atoms with van der Waals surface area (Å²) in [5, 5.41) is 9.51. The molecule has 0 saturated carbocycles. The third-order valence-electron chi connectivity index (χ3n) is 1.93. The van der Waals surface area contributed by atoms with E-state index in [-0.39, 0.29) is 5.92 Å². The van der Waals surface area contributed by atoms with E-state index in [2.05, 4.69) is 0 Å². The summed E-state index contributed by atoms with van der Waals surface area (Å²) < 4.78 is 5.34. The van der Waals surface area contributed by atoms with E-state index in [1.54, 1.807) is 18.7 Å². The van der Waals surface area contributed by atoms with Gasteiger partial charge in [-0.05, 0) is 25.5 Å². The van der Waals surface area contributed by atoms with Gasteiger partial charge in [0.25, 0.3) is 0 Å². The van der Waals surface area contributed by atoms with Crippen LogP contribution in [0.3, 0.4) is 0 Å². The van der Waals surface area contributed by atoms with Crippen molar-refractivity contribution in [2.75, 3.05) is 5.75 Å². The molecule has 1 aromatic heterocycles. The third-order valence-corrected chi connectivity index (χ3v) is 2.88.